The van der Waals surface area contributed by atoms with Crippen molar-refractivity contribution in [1.82, 2.24) is 0 Å². The molecule has 1 aliphatic carbocycles. The number of fused-ring (bicyclic) bond motifs is 1. The molecule has 0 spiro atoms. The lowest BCUT2D eigenvalue weighted by molar-refractivity contribution is 0.0958. The van der Waals surface area contributed by atoms with E-state index in [-0.39, 0.29) is 11.2 Å². The molecule has 0 bridgehead atoms. The van der Waals surface area contributed by atoms with Gasteiger partial charge in [-0.2, -0.15) is 0 Å². The molecular weight excluding hydrogens is 448 g/mol. The van der Waals surface area contributed by atoms with E-state index in [9.17, 15) is 4.79 Å². The standard InChI is InChI=1S/C36H30O/c1-36(2)24-23-29(37)34-32(27-19-11-5-12-20-27)30(25-15-7-3-8-16-25)31(26-17-9-4-10-18-26)33(35(34)36)28-21-13-6-14-22-28/h3-22H,23-24H2,1-2H3. The van der Waals surface area contributed by atoms with E-state index in [1.165, 1.54) is 16.7 Å². The molecule has 0 saturated carbocycles. The van der Waals surface area contributed by atoms with Crippen LogP contribution in [0.5, 0.6) is 0 Å². The Balaban J connectivity index is 1.92. The molecule has 5 aromatic carbocycles. The van der Waals surface area contributed by atoms with Crippen LogP contribution in [0.3, 0.4) is 0 Å². The minimum Gasteiger partial charge on any atom is -0.294 e. The fourth-order valence-electron chi connectivity index (χ4n) is 5.96. The molecule has 180 valence electrons. The van der Waals surface area contributed by atoms with Crippen molar-refractivity contribution in [2.75, 3.05) is 0 Å². The molecule has 0 atom stereocenters. The monoisotopic (exact) mass is 478 g/mol. The van der Waals surface area contributed by atoms with Crippen molar-refractivity contribution < 1.29 is 4.79 Å². The SMILES string of the molecule is CC1(C)CCC(=O)c2c(-c3ccccc3)c(-c3ccccc3)c(-c3ccccc3)c(-c3ccccc3)c21. The predicted octanol–water partition coefficient (Wildman–Crippen LogP) is 9.61. The van der Waals surface area contributed by atoms with Gasteiger partial charge in [-0.05, 0) is 56.3 Å². The van der Waals surface area contributed by atoms with Crippen LogP contribution < -0.4 is 0 Å². The Morgan fingerprint density at radius 1 is 0.459 bits per heavy atom. The van der Waals surface area contributed by atoms with E-state index in [0.29, 0.717) is 6.42 Å². The van der Waals surface area contributed by atoms with E-state index in [0.717, 1.165) is 45.4 Å². The van der Waals surface area contributed by atoms with Gasteiger partial charge < -0.3 is 0 Å². The summed E-state index contributed by atoms with van der Waals surface area (Å²) in [6.07, 6.45) is 1.40. The summed E-state index contributed by atoms with van der Waals surface area (Å²) in [6.45, 7) is 4.60. The molecule has 0 aliphatic heterocycles. The van der Waals surface area contributed by atoms with E-state index in [1.54, 1.807) is 0 Å². The topological polar surface area (TPSA) is 17.1 Å². The minimum absolute atomic E-state index is 0.156. The molecule has 5 aromatic rings. The van der Waals surface area contributed by atoms with Gasteiger partial charge in [0.1, 0.15) is 0 Å². The van der Waals surface area contributed by atoms with E-state index in [4.69, 9.17) is 0 Å². The summed E-state index contributed by atoms with van der Waals surface area (Å²) in [4.78, 5) is 14.0. The van der Waals surface area contributed by atoms with Crippen molar-refractivity contribution >= 4 is 5.78 Å². The summed E-state index contributed by atoms with van der Waals surface area (Å²) in [6, 6.07) is 42.4. The van der Waals surface area contributed by atoms with Crippen molar-refractivity contribution in [2.24, 2.45) is 0 Å². The van der Waals surface area contributed by atoms with Crippen molar-refractivity contribution in [3.05, 3.63) is 132 Å². The first-order valence-corrected chi connectivity index (χ1v) is 13.1. The van der Waals surface area contributed by atoms with Gasteiger partial charge in [0.2, 0.25) is 0 Å². The second kappa shape index (κ2) is 9.33. The highest BCUT2D eigenvalue weighted by atomic mass is 16.1. The first-order chi connectivity index (χ1) is 18.1. The first-order valence-electron chi connectivity index (χ1n) is 13.1. The number of carbonyl (C=O) groups excluding carboxylic acids is 1. The number of rotatable bonds is 4. The van der Waals surface area contributed by atoms with Crippen LogP contribution in [0.1, 0.15) is 42.6 Å². The fraction of sp³-hybridized carbons (Fsp3) is 0.139. The largest absolute Gasteiger partial charge is 0.294 e. The van der Waals surface area contributed by atoms with E-state index in [2.05, 4.69) is 129 Å². The highest BCUT2D eigenvalue weighted by Gasteiger charge is 2.39. The Kier molecular flexibility index (Phi) is 5.85. The van der Waals surface area contributed by atoms with Crippen LogP contribution in [0, 0.1) is 0 Å². The Morgan fingerprint density at radius 2 is 0.784 bits per heavy atom. The quantitative estimate of drug-likeness (QED) is 0.251. The molecule has 1 heteroatoms. The van der Waals surface area contributed by atoms with Gasteiger partial charge in [-0.3, -0.25) is 4.79 Å². The second-order valence-corrected chi connectivity index (χ2v) is 10.5. The molecule has 1 nitrogen and oxygen atoms in total. The zero-order chi connectivity index (χ0) is 25.4. The van der Waals surface area contributed by atoms with Crippen LogP contribution >= 0.6 is 0 Å². The van der Waals surface area contributed by atoms with Gasteiger partial charge in [0.15, 0.2) is 5.78 Å². The van der Waals surface area contributed by atoms with Crippen LogP contribution in [0.15, 0.2) is 121 Å². The molecule has 37 heavy (non-hydrogen) atoms. The van der Waals surface area contributed by atoms with Crippen molar-refractivity contribution in [3.63, 3.8) is 0 Å². The highest BCUT2D eigenvalue weighted by Crippen LogP contribution is 2.54. The van der Waals surface area contributed by atoms with Gasteiger partial charge in [0.25, 0.3) is 0 Å². The van der Waals surface area contributed by atoms with Gasteiger partial charge in [-0.25, -0.2) is 0 Å². The zero-order valence-corrected chi connectivity index (χ0v) is 21.4. The number of ketones is 1. The molecular formula is C36H30O. The van der Waals surface area contributed by atoms with Gasteiger partial charge in [-0.15, -0.1) is 0 Å². The second-order valence-electron chi connectivity index (χ2n) is 10.5. The van der Waals surface area contributed by atoms with Crippen LogP contribution in [-0.4, -0.2) is 5.78 Å². The third-order valence-electron chi connectivity index (χ3n) is 7.68. The molecule has 0 radical (unpaired) electrons. The Hall–Kier alpha value is -4.23. The van der Waals surface area contributed by atoms with Gasteiger partial charge in [-0.1, -0.05) is 135 Å². The third kappa shape index (κ3) is 4.01. The number of hydrogen-bond donors (Lipinski definition) is 0. The molecule has 1 aliphatic rings. The number of carbonyl (C=O) groups is 1. The fourth-order valence-corrected chi connectivity index (χ4v) is 5.96. The Labute approximate surface area is 219 Å². The first kappa shape index (κ1) is 23.2. The molecule has 0 fully saturated rings. The molecule has 0 amide bonds. The van der Waals surface area contributed by atoms with Crippen molar-refractivity contribution in [1.29, 1.82) is 0 Å². The highest BCUT2D eigenvalue weighted by molar-refractivity contribution is 6.15. The van der Waals surface area contributed by atoms with Crippen LogP contribution in [0.2, 0.25) is 0 Å². The lowest BCUT2D eigenvalue weighted by atomic mass is 9.64. The molecule has 0 aromatic heterocycles. The average Bonchev–Trinajstić information content (AvgIpc) is 2.95. The molecule has 6 rings (SSSR count). The maximum absolute atomic E-state index is 14.0. The summed E-state index contributed by atoms with van der Waals surface area (Å²) >= 11 is 0. The van der Waals surface area contributed by atoms with Crippen LogP contribution in [0.4, 0.5) is 0 Å². The Bertz CT molecular complexity index is 1560. The summed E-state index contributed by atoms with van der Waals surface area (Å²) in [5.74, 6) is 0.238. The van der Waals surface area contributed by atoms with Crippen LogP contribution in [0.25, 0.3) is 44.5 Å². The smallest absolute Gasteiger partial charge is 0.163 e. The number of Topliss-reactive ketones (excluding diaryl/α,β-unsaturated/α-hetero) is 1. The maximum Gasteiger partial charge on any atom is 0.163 e. The van der Waals surface area contributed by atoms with E-state index >= 15 is 0 Å². The van der Waals surface area contributed by atoms with Gasteiger partial charge in [0, 0.05) is 17.5 Å². The molecule has 0 unspecified atom stereocenters. The predicted molar refractivity (Wildman–Crippen MR) is 155 cm³/mol. The number of hydrogen-bond acceptors (Lipinski definition) is 1. The average molecular weight is 479 g/mol. The summed E-state index contributed by atoms with van der Waals surface area (Å²) in [7, 11) is 0. The van der Waals surface area contributed by atoms with Crippen LogP contribution in [-0.2, 0) is 5.41 Å². The van der Waals surface area contributed by atoms with E-state index in [1.807, 2.05) is 6.07 Å². The minimum atomic E-state index is -0.156. The normalized spacial score (nSPS) is 14.3. The summed E-state index contributed by atoms with van der Waals surface area (Å²) < 4.78 is 0. The molecule has 0 saturated heterocycles. The molecule has 0 N–H and O–H groups in total. The Morgan fingerprint density at radius 3 is 1.19 bits per heavy atom. The van der Waals surface area contributed by atoms with Gasteiger partial charge in [0.05, 0.1) is 0 Å². The number of benzene rings is 5. The lowest BCUT2D eigenvalue weighted by Gasteiger charge is -2.38. The lowest BCUT2D eigenvalue weighted by Crippen LogP contribution is -2.29. The van der Waals surface area contributed by atoms with Crippen molar-refractivity contribution in [3.8, 4) is 44.5 Å². The summed E-state index contributed by atoms with van der Waals surface area (Å²) in [5.41, 5.74) is 11.0. The van der Waals surface area contributed by atoms with Crippen molar-refractivity contribution in [2.45, 2.75) is 32.1 Å². The third-order valence-corrected chi connectivity index (χ3v) is 7.68. The van der Waals surface area contributed by atoms with E-state index < -0.39 is 0 Å². The van der Waals surface area contributed by atoms with Gasteiger partial charge >= 0.3 is 0 Å². The molecule has 0 heterocycles. The summed E-state index contributed by atoms with van der Waals surface area (Å²) in [5, 5.41) is 0. The zero-order valence-electron chi connectivity index (χ0n) is 21.4. The maximum atomic E-state index is 14.0.